The molecule has 0 aliphatic rings. The highest BCUT2D eigenvalue weighted by Gasteiger charge is 2.09. The van der Waals surface area contributed by atoms with Crippen LogP contribution in [0.5, 0.6) is 0 Å². The Morgan fingerprint density at radius 3 is 2.82 bits per heavy atom. The molecule has 0 aromatic carbocycles. The summed E-state index contributed by atoms with van der Waals surface area (Å²) in [5.41, 5.74) is 1.16. The number of nitrogens with one attached hydrogen (secondary N) is 1. The van der Waals surface area contributed by atoms with Crippen LogP contribution in [0.1, 0.15) is 17.4 Å². The van der Waals surface area contributed by atoms with E-state index in [1.807, 2.05) is 26.1 Å². The van der Waals surface area contributed by atoms with Crippen molar-refractivity contribution in [1.29, 1.82) is 0 Å². The average Bonchev–Trinajstić information content (AvgIpc) is 2.40. The van der Waals surface area contributed by atoms with Crippen molar-refractivity contribution in [2.75, 3.05) is 7.05 Å². The van der Waals surface area contributed by atoms with Crippen LogP contribution < -0.4 is 5.32 Å². The molecular weight excluding hydrogens is 138 g/mol. The largest absolute Gasteiger partial charge is 0.467 e. The number of furan rings is 1. The van der Waals surface area contributed by atoms with Gasteiger partial charge in [0.15, 0.2) is 0 Å². The Labute approximate surface area is 66.9 Å². The van der Waals surface area contributed by atoms with Gasteiger partial charge in [0.2, 0.25) is 0 Å². The highest BCUT2D eigenvalue weighted by molar-refractivity contribution is 5.21. The van der Waals surface area contributed by atoms with Crippen molar-refractivity contribution in [3.8, 4) is 0 Å². The summed E-state index contributed by atoms with van der Waals surface area (Å²) in [5, 5.41) is 3.08. The second-order valence-electron chi connectivity index (χ2n) is 2.47. The Kier molecular flexibility index (Phi) is 2.49. The summed E-state index contributed by atoms with van der Waals surface area (Å²) in [5.74, 6) is 0.947. The Morgan fingerprint density at radius 2 is 2.45 bits per heavy atom. The van der Waals surface area contributed by atoms with Gasteiger partial charge in [-0.2, -0.15) is 0 Å². The van der Waals surface area contributed by atoms with Crippen LogP contribution in [0.4, 0.5) is 0 Å². The number of likely N-dealkylation sites (N-methyl/N-ethyl adjacent to an activating group) is 1. The van der Waals surface area contributed by atoms with Crippen molar-refractivity contribution in [2.24, 2.45) is 0 Å². The van der Waals surface area contributed by atoms with Crippen LogP contribution >= 0.6 is 0 Å². The normalized spacial score (nSPS) is 12.9. The third kappa shape index (κ3) is 1.52. The minimum Gasteiger partial charge on any atom is -0.467 e. The van der Waals surface area contributed by atoms with E-state index in [1.165, 1.54) is 0 Å². The van der Waals surface area contributed by atoms with Gasteiger partial charge in [-0.05, 0) is 25.6 Å². The fourth-order valence-corrected chi connectivity index (χ4v) is 1.06. The zero-order chi connectivity index (χ0) is 8.27. The molecule has 1 rings (SSSR count). The van der Waals surface area contributed by atoms with E-state index in [1.54, 1.807) is 6.26 Å². The summed E-state index contributed by atoms with van der Waals surface area (Å²) in [6, 6.07) is 2.08. The number of rotatable bonds is 3. The first-order valence-corrected chi connectivity index (χ1v) is 3.63. The molecule has 0 radical (unpaired) electrons. The van der Waals surface area contributed by atoms with Gasteiger partial charge in [0.25, 0.3) is 0 Å². The molecule has 0 amide bonds. The molecule has 1 heterocycles. The van der Waals surface area contributed by atoms with Crippen LogP contribution in [0.2, 0.25) is 0 Å². The molecule has 0 spiro atoms. The molecule has 11 heavy (non-hydrogen) atoms. The fourth-order valence-electron chi connectivity index (χ4n) is 1.06. The molecule has 2 nitrogen and oxygen atoms in total. The first-order chi connectivity index (χ1) is 5.29. The van der Waals surface area contributed by atoms with Crippen molar-refractivity contribution in [3.05, 3.63) is 36.3 Å². The molecule has 1 unspecified atom stereocenters. The maximum absolute atomic E-state index is 5.27. The summed E-state index contributed by atoms with van der Waals surface area (Å²) >= 11 is 0. The average molecular weight is 151 g/mol. The summed E-state index contributed by atoms with van der Waals surface area (Å²) < 4.78 is 5.27. The second kappa shape index (κ2) is 3.39. The van der Waals surface area contributed by atoms with Crippen LogP contribution in [0.15, 0.2) is 29.4 Å². The first kappa shape index (κ1) is 8.08. The van der Waals surface area contributed by atoms with Gasteiger partial charge in [0, 0.05) is 0 Å². The third-order valence-corrected chi connectivity index (χ3v) is 1.73. The summed E-state index contributed by atoms with van der Waals surface area (Å²) in [6.07, 6.45) is 3.52. The molecule has 1 atom stereocenters. The van der Waals surface area contributed by atoms with E-state index in [0.717, 1.165) is 11.3 Å². The highest BCUT2D eigenvalue weighted by Crippen LogP contribution is 2.18. The summed E-state index contributed by atoms with van der Waals surface area (Å²) in [4.78, 5) is 0. The fraction of sp³-hybridized carbons (Fsp3) is 0.333. The quantitative estimate of drug-likeness (QED) is 0.669. The smallest absolute Gasteiger partial charge is 0.127 e. The molecule has 0 bridgehead atoms. The topological polar surface area (TPSA) is 25.2 Å². The minimum atomic E-state index is 0.130. The van der Waals surface area contributed by atoms with Gasteiger partial charge in [-0.15, -0.1) is 6.58 Å². The first-order valence-electron chi connectivity index (χ1n) is 3.63. The predicted molar refractivity (Wildman–Crippen MR) is 45.4 cm³/mol. The van der Waals surface area contributed by atoms with Gasteiger partial charge >= 0.3 is 0 Å². The van der Waals surface area contributed by atoms with Crippen LogP contribution in [0.3, 0.4) is 0 Å². The molecule has 60 valence electrons. The lowest BCUT2D eigenvalue weighted by molar-refractivity contribution is 0.466. The lowest BCUT2D eigenvalue weighted by Gasteiger charge is -2.08. The van der Waals surface area contributed by atoms with E-state index >= 15 is 0 Å². The molecule has 1 aromatic rings. The van der Waals surface area contributed by atoms with Crippen LogP contribution in [0, 0.1) is 6.92 Å². The molecular formula is C9H13NO. The molecule has 1 aromatic heterocycles. The minimum absolute atomic E-state index is 0.130. The molecule has 0 saturated heterocycles. The third-order valence-electron chi connectivity index (χ3n) is 1.73. The van der Waals surface area contributed by atoms with Gasteiger partial charge < -0.3 is 9.73 Å². The van der Waals surface area contributed by atoms with Gasteiger partial charge in [-0.1, -0.05) is 6.08 Å². The SMILES string of the molecule is C=CC(NC)c1occc1C. The van der Waals surface area contributed by atoms with Gasteiger partial charge in [0.05, 0.1) is 12.3 Å². The van der Waals surface area contributed by atoms with Crippen molar-refractivity contribution in [2.45, 2.75) is 13.0 Å². The zero-order valence-corrected chi connectivity index (χ0v) is 6.92. The van der Waals surface area contributed by atoms with E-state index in [4.69, 9.17) is 4.42 Å². The van der Waals surface area contributed by atoms with Crippen LogP contribution in [-0.2, 0) is 0 Å². The molecule has 1 N–H and O–H groups in total. The monoisotopic (exact) mass is 151 g/mol. The van der Waals surface area contributed by atoms with Crippen molar-refractivity contribution < 1.29 is 4.42 Å². The predicted octanol–water partition coefficient (Wildman–Crippen LogP) is 2.03. The molecule has 0 fully saturated rings. The molecule has 0 aliphatic carbocycles. The zero-order valence-electron chi connectivity index (χ0n) is 6.92. The van der Waals surface area contributed by atoms with E-state index < -0.39 is 0 Å². The Balaban J connectivity index is 2.89. The Hall–Kier alpha value is -1.02. The van der Waals surface area contributed by atoms with E-state index in [-0.39, 0.29) is 6.04 Å². The summed E-state index contributed by atoms with van der Waals surface area (Å²) in [6.45, 7) is 5.73. The van der Waals surface area contributed by atoms with Gasteiger partial charge in [-0.25, -0.2) is 0 Å². The maximum atomic E-state index is 5.27. The van der Waals surface area contributed by atoms with E-state index in [2.05, 4.69) is 11.9 Å². The van der Waals surface area contributed by atoms with Gasteiger partial charge in [0.1, 0.15) is 5.76 Å². The van der Waals surface area contributed by atoms with Crippen molar-refractivity contribution in [3.63, 3.8) is 0 Å². The van der Waals surface area contributed by atoms with E-state index in [9.17, 15) is 0 Å². The van der Waals surface area contributed by atoms with E-state index in [0.29, 0.717) is 0 Å². The number of aryl methyl sites for hydroxylation is 1. The summed E-state index contributed by atoms with van der Waals surface area (Å²) in [7, 11) is 1.88. The Bertz CT molecular complexity index is 239. The molecule has 0 saturated carbocycles. The second-order valence-corrected chi connectivity index (χ2v) is 2.47. The highest BCUT2D eigenvalue weighted by atomic mass is 16.3. The maximum Gasteiger partial charge on any atom is 0.127 e. The molecule has 2 heteroatoms. The number of hydrogen-bond donors (Lipinski definition) is 1. The Morgan fingerprint density at radius 1 is 1.73 bits per heavy atom. The standard InChI is InChI=1S/C9H13NO/c1-4-8(10-3)9-7(2)5-6-11-9/h4-6,8,10H,1H2,2-3H3. The lowest BCUT2D eigenvalue weighted by atomic mass is 10.1. The van der Waals surface area contributed by atoms with Crippen LogP contribution in [0.25, 0.3) is 0 Å². The van der Waals surface area contributed by atoms with Gasteiger partial charge in [-0.3, -0.25) is 0 Å². The lowest BCUT2D eigenvalue weighted by Crippen LogP contribution is -2.13. The van der Waals surface area contributed by atoms with Crippen molar-refractivity contribution >= 4 is 0 Å². The number of hydrogen-bond acceptors (Lipinski definition) is 2. The van der Waals surface area contributed by atoms with Crippen molar-refractivity contribution in [1.82, 2.24) is 5.32 Å². The van der Waals surface area contributed by atoms with Crippen LogP contribution in [-0.4, -0.2) is 7.05 Å². The molecule has 0 aliphatic heterocycles.